The van der Waals surface area contributed by atoms with Crippen molar-refractivity contribution >= 4 is 21.6 Å². The lowest BCUT2D eigenvalue weighted by molar-refractivity contribution is 1.11. The van der Waals surface area contributed by atoms with Crippen LogP contribution < -0.4 is 0 Å². The number of nitrogens with zero attached hydrogens (tertiary/aromatic N) is 3. The first-order valence-corrected chi connectivity index (χ1v) is 5.69. The van der Waals surface area contributed by atoms with E-state index < -0.39 is 0 Å². The molecular formula is C12H8BrN3. The lowest BCUT2D eigenvalue weighted by Gasteiger charge is -1.99. The van der Waals surface area contributed by atoms with Crippen molar-refractivity contribution in [2.24, 2.45) is 0 Å². The highest BCUT2D eigenvalue weighted by Gasteiger charge is 2.06. The first-order chi connectivity index (χ1) is 7.84. The molecule has 2 aromatic heterocycles. The summed E-state index contributed by atoms with van der Waals surface area (Å²) in [7, 11) is 0. The van der Waals surface area contributed by atoms with Gasteiger partial charge in [0, 0.05) is 16.2 Å². The van der Waals surface area contributed by atoms with Gasteiger partial charge in [-0.3, -0.25) is 4.40 Å². The maximum atomic E-state index is 4.19. The summed E-state index contributed by atoms with van der Waals surface area (Å²) in [6.45, 7) is 0. The molecule has 3 rings (SSSR count). The van der Waals surface area contributed by atoms with Gasteiger partial charge in [-0.15, -0.1) is 10.2 Å². The number of hydrogen-bond acceptors (Lipinski definition) is 2. The van der Waals surface area contributed by atoms with Crippen LogP contribution in [-0.4, -0.2) is 14.6 Å². The summed E-state index contributed by atoms with van der Waals surface area (Å²) < 4.78 is 3.04. The van der Waals surface area contributed by atoms with E-state index in [0.717, 1.165) is 21.5 Å². The molecular weight excluding hydrogens is 266 g/mol. The Labute approximate surface area is 101 Å². The molecule has 4 heteroatoms. The molecule has 0 saturated carbocycles. The average Bonchev–Trinajstić information content (AvgIpc) is 2.74. The van der Waals surface area contributed by atoms with E-state index in [0.29, 0.717) is 0 Å². The molecule has 3 nitrogen and oxygen atoms in total. The van der Waals surface area contributed by atoms with Crippen molar-refractivity contribution in [2.45, 2.75) is 0 Å². The molecule has 78 valence electrons. The summed E-state index contributed by atoms with van der Waals surface area (Å²) in [6, 6.07) is 13.9. The van der Waals surface area contributed by atoms with Crippen molar-refractivity contribution in [1.29, 1.82) is 0 Å². The first kappa shape index (κ1) is 9.54. The van der Waals surface area contributed by atoms with Gasteiger partial charge < -0.3 is 0 Å². The molecule has 0 radical (unpaired) electrons. The number of rotatable bonds is 1. The Bertz CT molecular complexity index is 628. The van der Waals surface area contributed by atoms with Gasteiger partial charge in [0.2, 0.25) is 0 Å². The summed E-state index contributed by atoms with van der Waals surface area (Å²) in [5.74, 6) is 0.864. The second-order valence-corrected chi connectivity index (χ2v) is 4.38. The van der Waals surface area contributed by atoms with E-state index in [1.807, 2.05) is 53.1 Å². The minimum atomic E-state index is 0.861. The van der Waals surface area contributed by atoms with Gasteiger partial charge in [-0.2, -0.15) is 0 Å². The first-order valence-electron chi connectivity index (χ1n) is 4.90. The van der Waals surface area contributed by atoms with E-state index in [1.165, 1.54) is 0 Å². The molecule has 0 fully saturated rings. The Morgan fingerprint density at radius 2 is 1.75 bits per heavy atom. The van der Waals surface area contributed by atoms with E-state index >= 15 is 0 Å². The molecule has 0 amide bonds. The Morgan fingerprint density at radius 1 is 0.938 bits per heavy atom. The third-order valence-electron chi connectivity index (χ3n) is 2.42. The minimum Gasteiger partial charge on any atom is -0.282 e. The fourth-order valence-corrected chi connectivity index (χ4v) is 1.90. The number of fused-ring (bicyclic) bond motifs is 1. The molecule has 16 heavy (non-hydrogen) atoms. The highest BCUT2D eigenvalue weighted by molar-refractivity contribution is 9.10. The molecule has 0 aliphatic carbocycles. The second kappa shape index (κ2) is 3.72. The summed E-state index contributed by atoms with van der Waals surface area (Å²) >= 11 is 3.42. The van der Waals surface area contributed by atoms with Crippen molar-refractivity contribution in [1.82, 2.24) is 14.6 Å². The molecule has 0 atom stereocenters. The Morgan fingerprint density at radius 3 is 2.56 bits per heavy atom. The van der Waals surface area contributed by atoms with Gasteiger partial charge in [0.15, 0.2) is 11.5 Å². The van der Waals surface area contributed by atoms with Crippen LogP contribution in [-0.2, 0) is 0 Å². The van der Waals surface area contributed by atoms with E-state index in [9.17, 15) is 0 Å². The molecule has 0 aliphatic heterocycles. The van der Waals surface area contributed by atoms with E-state index in [1.54, 1.807) is 0 Å². The standard InChI is InChI=1S/C12H8BrN3/c13-10-6-4-9(5-7-10)12-15-14-11-3-1-2-8-16(11)12/h1-8H. The van der Waals surface area contributed by atoms with Gasteiger partial charge >= 0.3 is 0 Å². The lowest BCUT2D eigenvalue weighted by atomic mass is 10.2. The molecule has 0 saturated heterocycles. The molecule has 0 aliphatic rings. The van der Waals surface area contributed by atoms with E-state index in [2.05, 4.69) is 26.1 Å². The number of halogens is 1. The second-order valence-electron chi connectivity index (χ2n) is 3.46. The van der Waals surface area contributed by atoms with Crippen LogP contribution >= 0.6 is 15.9 Å². The average molecular weight is 274 g/mol. The summed E-state index contributed by atoms with van der Waals surface area (Å²) in [4.78, 5) is 0. The molecule has 0 spiro atoms. The zero-order valence-electron chi connectivity index (χ0n) is 8.34. The van der Waals surface area contributed by atoms with Gasteiger partial charge in [0.1, 0.15) is 0 Å². The van der Waals surface area contributed by atoms with E-state index in [4.69, 9.17) is 0 Å². The maximum Gasteiger partial charge on any atom is 0.168 e. The fraction of sp³-hybridized carbons (Fsp3) is 0. The van der Waals surface area contributed by atoms with Crippen molar-refractivity contribution in [3.05, 3.63) is 53.1 Å². The number of benzene rings is 1. The highest BCUT2D eigenvalue weighted by atomic mass is 79.9. The van der Waals surface area contributed by atoms with Gasteiger partial charge in [0.25, 0.3) is 0 Å². The predicted molar refractivity (Wildman–Crippen MR) is 66.1 cm³/mol. The van der Waals surface area contributed by atoms with Gasteiger partial charge in [-0.05, 0) is 24.3 Å². The quantitative estimate of drug-likeness (QED) is 0.682. The summed E-state index contributed by atoms with van der Waals surface area (Å²) in [6.07, 6.45) is 1.96. The SMILES string of the molecule is Brc1ccc(-c2nnc3ccccn23)cc1. The smallest absolute Gasteiger partial charge is 0.168 e. The molecule has 0 unspecified atom stereocenters. The maximum absolute atomic E-state index is 4.19. The van der Waals surface area contributed by atoms with Crippen LogP contribution in [0.1, 0.15) is 0 Å². The van der Waals surface area contributed by atoms with Crippen LogP contribution in [0, 0.1) is 0 Å². The normalized spacial score (nSPS) is 10.8. The zero-order chi connectivity index (χ0) is 11.0. The van der Waals surface area contributed by atoms with Gasteiger partial charge in [0.05, 0.1) is 0 Å². The molecule has 2 heterocycles. The Kier molecular flexibility index (Phi) is 2.22. The van der Waals surface area contributed by atoms with Crippen LogP contribution in [0.2, 0.25) is 0 Å². The van der Waals surface area contributed by atoms with Crippen molar-refractivity contribution in [2.75, 3.05) is 0 Å². The molecule has 1 aromatic carbocycles. The number of hydrogen-bond donors (Lipinski definition) is 0. The van der Waals surface area contributed by atoms with Crippen LogP contribution in [0.15, 0.2) is 53.1 Å². The predicted octanol–water partition coefficient (Wildman–Crippen LogP) is 3.16. The monoisotopic (exact) mass is 273 g/mol. The van der Waals surface area contributed by atoms with Gasteiger partial charge in [-0.1, -0.05) is 34.1 Å². The topological polar surface area (TPSA) is 30.2 Å². The summed E-state index contributed by atoms with van der Waals surface area (Å²) in [5.41, 5.74) is 1.92. The zero-order valence-corrected chi connectivity index (χ0v) is 9.92. The lowest BCUT2D eigenvalue weighted by Crippen LogP contribution is -1.87. The highest BCUT2D eigenvalue weighted by Crippen LogP contribution is 2.20. The van der Waals surface area contributed by atoms with Crippen molar-refractivity contribution < 1.29 is 0 Å². The molecule has 3 aromatic rings. The molecule has 0 N–H and O–H groups in total. The third-order valence-corrected chi connectivity index (χ3v) is 2.94. The van der Waals surface area contributed by atoms with E-state index in [-0.39, 0.29) is 0 Å². The van der Waals surface area contributed by atoms with Crippen LogP contribution in [0.25, 0.3) is 17.0 Å². The van der Waals surface area contributed by atoms with Crippen molar-refractivity contribution in [3.63, 3.8) is 0 Å². The minimum absolute atomic E-state index is 0.861. The Hall–Kier alpha value is -1.68. The Balaban J connectivity index is 2.22. The summed E-state index contributed by atoms with van der Waals surface area (Å²) in [5, 5.41) is 8.31. The third kappa shape index (κ3) is 1.51. The van der Waals surface area contributed by atoms with Crippen LogP contribution in [0.5, 0.6) is 0 Å². The fourth-order valence-electron chi connectivity index (χ4n) is 1.64. The number of pyridine rings is 1. The van der Waals surface area contributed by atoms with Gasteiger partial charge in [-0.25, -0.2) is 0 Å². The van der Waals surface area contributed by atoms with Crippen LogP contribution in [0.3, 0.4) is 0 Å². The van der Waals surface area contributed by atoms with Crippen LogP contribution in [0.4, 0.5) is 0 Å². The molecule has 0 bridgehead atoms. The largest absolute Gasteiger partial charge is 0.282 e. The van der Waals surface area contributed by atoms with Crippen molar-refractivity contribution in [3.8, 4) is 11.4 Å². The number of aromatic nitrogens is 3.